The third-order valence-corrected chi connectivity index (χ3v) is 4.12. The van der Waals surface area contributed by atoms with Crippen molar-refractivity contribution in [3.05, 3.63) is 66.2 Å². The van der Waals surface area contributed by atoms with Gasteiger partial charge in [-0.15, -0.1) is 5.10 Å². The Morgan fingerprint density at radius 2 is 1.72 bits per heavy atom. The Morgan fingerprint density at radius 3 is 2.38 bits per heavy atom. The summed E-state index contributed by atoms with van der Waals surface area (Å²) in [5.41, 5.74) is -1.11. The van der Waals surface area contributed by atoms with Gasteiger partial charge in [0.2, 0.25) is 0 Å². The van der Waals surface area contributed by atoms with Crippen molar-refractivity contribution in [3.63, 3.8) is 0 Å². The lowest BCUT2D eigenvalue weighted by molar-refractivity contribution is -0.142. The molecule has 0 aliphatic rings. The maximum Gasteiger partial charge on any atom is 0.434 e. The van der Waals surface area contributed by atoms with E-state index in [0.717, 1.165) is 23.0 Å². The molecule has 0 N–H and O–H groups in total. The second kappa shape index (κ2) is 7.00. The predicted molar refractivity (Wildman–Crippen MR) is 93.2 cm³/mol. The maximum absolute atomic E-state index is 13.9. The number of hydrogen-bond donors (Lipinski definition) is 0. The summed E-state index contributed by atoms with van der Waals surface area (Å²) in [5, 5.41) is 14.9. The van der Waals surface area contributed by atoms with E-state index in [1.54, 1.807) is 24.3 Å². The van der Waals surface area contributed by atoms with Crippen LogP contribution in [0.5, 0.6) is 5.75 Å². The van der Waals surface area contributed by atoms with Crippen LogP contribution in [0.25, 0.3) is 22.8 Å². The fraction of sp³-hybridized carbons (Fsp3) is 0.111. The lowest BCUT2D eigenvalue weighted by atomic mass is 10.2. The number of alkyl halides is 3. The van der Waals surface area contributed by atoms with Crippen LogP contribution < -0.4 is 4.74 Å². The molecule has 0 amide bonds. The van der Waals surface area contributed by atoms with Gasteiger partial charge < -0.3 is 4.74 Å². The van der Waals surface area contributed by atoms with Gasteiger partial charge in [0.25, 0.3) is 0 Å². The first-order valence-corrected chi connectivity index (χ1v) is 8.23. The van der Waals surface area contributed by atoms with Crippen LogP contribution in [-0.4, -0.2) is 37.1 Å². The van der Waals surface area contributed by atoms with E-state index in [0.29, 0.717) is 16.1 Å². The summed E-state index contributed by atoms with van der Waals surface area (Å²) in [5.74, 6) is -0.279. The highest BCUT2D eigenvalue weighted by Crippen LogP contribution is 2.38. The van der Waals surface area contributed by atoms with E-state index >= 15 is 0 Å². The van der Waals surface area contributed by atoms with Crippen molar-refractivity contribution in [1.29, 1.82) is 0 Å². The third-order valence-electron chi connectivity index (χ3n) is 4.12. The van der Waals surface area contributed by atoms with Gasteiger partial charge in [-0.1, -0.05) is 6.07 Å². The fourth-order valence-corrected chi connectivity index (χ4v) is 2.84. The van der Waals surface area contributed by atoms with Crippen LogP contribution in [0, 0.1) is 5.82 Å². The minimum absolute atomic E-state index is 0.0768. The average Bonchev–Trinajstić information content (AvgIpc) is 3.34. The first kappa shape index (κ1) is 18.6. The van der Waals surface area contributed by atoms with Crippen LogP contribution >= 0.6 is 0 Å². The highest BCUT2D eigenvalue weighted by Gasteiger charge is 2.40. The first-order chi connectivity index (χ1) is 13.9. The van der Waals surface area contributed by atoms with Crippen molar-refractivity contribution >= 4 is 0 Å². The normalized spacial score (nSPS) is 11.6. The summed E-state index contributed by atoms with van der Waals surface area (Å²) >= 11 is 0. The van der Waals surface area contributed by atoms with Gasteiger partial charge in [-0.05, 0) is 52.9 Å². The molecule has 2 aromatic carbocycles. The van der Waals surface area contributed by atoms with Gasteiger partial charge in [0.15, 0.2) is 11.5 Å². The zero-order valence-corrected chi connectivity index (χ0v) is 14.8. The van der Waals surface area contributed by atoms with Crippen molar-refractivity contribution in [1.82, 2.24) is 30.0 Å². The molecule has 7 nitrogen and oxygen atoms in total. The standard InChI is InChI=1S/C18H12F4N6O/c1-29-14-7-5-12(6-8-14)28-17(24-25-26-28)15-10-23-27(16(15)18(20,21)22)13-4-2-3-11(19)9-13/h2-10H,1H3. The highest BCUT2D eigenvalue weighted by molar-refractivity contribution is 5.62. The minimum atomic E-state index is -4.80. The molecule has 0 aliphatic carbocycles. The second-order valence-electron chi connectivity index (χ2n) is 5.91. The first-order valence-electron chi connectivity index (χ1n) is 8.23. The van der Waals surface area contributed by atoms with E-state index in [1.807, 2.05) is 0 Å². The van der Waals surface area contributed by atoms with Gasteiger partial charge in [0.05, 0.1) is 30.2 Å². The molecule has 0 aliphatic heterocycles. The molecule has 0 bridgehead atoms. The van der Waals surface area contributed by atoms with Crippen molar-refractivity contribution in [2.75, 3.05) is 7.11 Å². The van der Waals surface area contributed by atoms with Gasteiger partial charge in [-0.2, -0.15) is 23.0 Å². The Morgan fingerprint density at radius 1 is 0.966 bits per heavy atom. The fourth-order valence-electron chi connectivity index (χ4n) is 2.84. The molecule has 0 radical (unpaired) electrons. The van der Waals surface area contributed by atoms with E-state index in [4.69, 9.17) is 4.74 Å². The minimum Gasteiger partial charge on any atom is -0.497 e. The number of methoxy groups -OCH3 is 1. The molecule has 0 fully saturated rings. The Balaban J connectivity index is 1.88. The molecular weight excluding hydrogens is 392 g/mol. The summed E-state index contributed by atoms with van der Waals surface area (Å²) < 4.78 is 62.1. The Hall–Kier alpha value is -3.76. The molecule has 0 atom stereocenters. The molecule has 2 heterocycles. The van der Waals surface area contributed by atoms with Crippen molar-refractivity contribution in [3.8, 4) is 28.5 Å². The van der Waals surface area contributed by atoms with Crippen molar-refractivity contribution in [2.24, 2.45) is 0 Å². The lowest BCUT2D eigenvalue weighted by Crippen LogP contribution is -2.15. The summed E-state index contributed by atoms with van der Waals surface area (Å²) in [6.07, 6.45) is -3.80. The molecule has 0 saturated heterocycles. The van der Waals surface area contributed by atoms with Gasteiger partial charge in [-0.25, -0.2) is 9.07 Å². The van der Waals surface area contributed by atoms with Crippen molar-refractivity contribution < 1.29 is 22.3 Å². The van der Waals surface area contributed by atoms with Crippen LogP contribution in [0.4, 0.5) is 17.6 Å². The summed E-state index contributed by atoms with van der Waals surface area (Å²) in [6.45, 7) is 0. The number of ether oxygens (including phenoxy) is 1. The Kier molecular flexibility index (Phi) is 4.49. The van der Waals surface area contributed by atoms with Crippen molar-refractivity contribution in [2.45, 2.75) is 6.18 Å². The van der Waals surface area contributed by atoms with Gasteiger partial charge in [0, 0.05) is 0 Å². The summed E-state index contributed by atoms with van der Waals surface area (Å²) in [4.78, 5) is 0. The van der Waals surface area contributed by atoms with Gasteiger partial charge >= 0.3 is 6.18 Å². The van der Waals surface area contributed by atoms with Crippen LogP contribution in [0.15, 0.2) is 54.7 Å². The monoisotopic (exact) mass is 404 g/mol. The molecule has 11 heteroatoms. The molecule has 4 rings (SSSR count). The largest absolute Gasteiger partial charge is 0.497 e. The third kappa shape index (κ3) is 3.42. The van der Waals surface area contributed by atoms with Gasteiger partial charge in [0.1, 0.15) is 11.6 Å². The topological polar surface area (TPSA) is 70.7 Å². The van der Waals surface area contributed by atoms with E-state index in [2.05, 4.69) is 20.6 Å². The number of rotatable bonds is 4. The Bertz CT molecular complexity index is 1150. The van der Waals surface area contributed by atoms with E-state index in [1.165, 1.54) is 19.2 Å². The smallest absolute Gasteiger partial charge is 0.434 e. The van der Waals surface area contributed by atoms with E-state index < -0.39 is 17.7 Å². The lowest BCUT2D eigenvalue weighted by Gasteiger charge is -2.13. The number of tetrazole rings is 1. The molecule has 148 valence electrons. The molecule has 29 heavy (non-hydrogen) atoms. The summed E-state index contributed by atoms with van der Waals surface area (Å²) in [7, 11) is 1.49. The molecule has 0 saturated carbocycles. The number of benzene rings is 2. The maximum atomic E-state index is 13.9. The zero-order chi connectivity index (χ0) is 20.6. The summed E-state index contributed by atoms with van der Waals surface area (Å²) in [6, 6.07) is 11.2. The SMILES string of the molecule is COc1ccc(-n2nnnc2-c2cnn(-c3cccc(F)c3)c2C(F)(F)F)cc1. The predicted octanol–water partition coefficient (Wildman–Crippen LogP) is 3.68. The number of nitrogens with zero attached hydrogens (tertiary/aromatic N) is 6. The number of hydrogen-bond acceptors (Lipinski definition) is 5. The molecule has 0 spiro atoms. The molecular formula is C18H12F4N6O. The zero-order valence-electron chi connectivity index (χ0n) is 14.8. The highest BCUT2D eigenvalue weighted by atomic mass is 19.4. The number of aromatic nitrogens is 6. The van der Waals surface area contributed by atoms with E-state index in [-0.39, 0.29) is 17.1 Å². The molecule has 0 unspecified atom stereocenters. The number of halogens is 4. The average molecular weight is 404 g/mol. The Labute approximate surface area is 161 Å². The van der Waals surface area contributed by atoms with Gasteiger partial charge in [-0.3, -0.25) is 0 Å². The van der Waals surface area contributed by atoms with Crippen LogP contribution in [-0.2, 0) is 6.18 Å². The van der Waals surface area contributed by atoms with Crippen LogP contribution in [0.2, 0.25) is 0 Å². The van der Waals surface area contributed by atoms with Crippen LogP contribution in [0.1, 0.15) is 5.69 Å². The van der Waals surface area contributed by atoms with Crippen LogP contribution in [0.3, 0.4) is 0 Å². The molecule has 4 aromatic rings. The second-order valence-corrected chi connectivity index (χ2v) is 5.91. The molecule has 2 aromatic heterocycles. The quantitative estimate of drug-likeness (QED) is 0.486. The van der Waals surface area contributed by atoms with E-state index in [9.17, 15) is 17.6 Å².